The molecule has 1 N–H and O–H groups in total. The van der Waals surface area contributed by atoms with Crippen LogP contribution in [0.4, 0.5) is 5.95 Å². The Morgan fingerprint density at radius 3 is 2.58 bits per heavy atom. The predicted molar refractivity (Wildman–Crippen MR) is 73.7 cm³/mol. The molecule has 0 aliphatic carbocycles. The SMILES string of the molecule is CCN1CCN(c2nnc(SCC(=O)O)n2C)CC1. The average molecular weight is 285 g/mol. The second-order valence-corrected chi connectivity index (χ2v) is 5.39. The summed E-state index contributed by atoms with van der Waals surface area (Å²) in [6.07, 6.45) is 0. The third-order valence-corrected chi connectivity index (χ3v) is 4.24. The van der Waals surface area contributed by atoms with E-state index < -0.39 is 5.97 Å². The van der Waals surface area contributed by atoms with E-state index in [1.54, 1.807) is 0 Å². The van der Waals surface area contributed by atoms with E-state index in [-0.39, 0.29) is 5.75 Å². The summed E-state index contributed by atoms with van der Waals surface area (Å²) in [7, 11) is 1.88. The highest BCUT2D eigenvalue weighted by Crippen LogP contribution is 2.21. The molecular weight excluding hydrogens is 266 g/mol. The number of likely N-dealkylation sites (N-methyl/N-ethyl adjacent to an activating group) is 1. The molecule has 0 unspecified atom stereocenters. The van der Waals surface area contributed by atoms with Gasteiger partial charge in [0.15, 0.2) is 5.16 Å². The monoisotopic (exact) mass is 285 g/mol. The Balaban J connectivity index is 1.99. The van der Waals surface area contributed by atoms with Crippen LogP contribution in [0.3, 0.4) is 0 Å². The second kappa shape index (κ2) is 6.25. The molecule has 19 heavy (non-hydrogen) atoms. The number of thioether (sulfide) groups is 1. The van der Waals surface area contributed by atoms with Crippen LogP contribution in [0.5, 0.6) is 0 Å². The summed E-state index contributed by atoms with van der Waals surface area (Å²) in [6, 6.07) is 0. The van der Waals surface area contributed by atoms with E-state index >= 15 is 0 Å². The van der Waals surface area contributed by atoms with Gasteiger partial charge in [-0.3, -0.25) is 9.36 Å². The zero-order chi connectivity index (χ0) is 13.8. The summed E-state index contributed by atoms with van der Waals surface area (Å²) >= 11 is 1.20. The highest BCUT2D eigenvalue weighted by atomic mass is 32.2. The van der Waals surface area contributed by atoms with Crippen molar-refractivity contribution in [1.29, 1.82) is 0 Å². The standard InChI is InChI=1S/C11H19N5O2S/c1-3-15-4-6-16(7-5-15)10-12-13-11(14(10)2)19-8-9(17)18/h3-8H2,1-2H3,(H,17,18). The summed E-state index contributed by atoms with van der Waals surface area (Å²) in [5, 5.41) is 17.6. The topological polar surface area (TPSA) is 74.5 Å². The minimum Gasteiger partial charge on any atom is -0.481 e. The van der Waals surface area contributed by atoms with Gasteiger partial charge >= 0.3 is 5.97 Å². The number of carbonyl (C=O) groups is 1. The van der Waals surface area contributed by atoms with Crippen LogP contribution < -0.4 is 4.90 Å². The number of carboxylic acids is 1. The maximum absolute atomic E-state index is 10.6. The molecule has 2 heterocycles. The molecule has 0 spiro atoms. The molecule has 1 fully saturated rings. The van der Waals surface area contributed by atoms with E-state index in [1.807, 2.05) is 11.6 Å². The van der Waals surface area contributed by atoms with Gasteiger partial charge in [-0.1, -0.05) is 18.7 Å². The van der Waals surface area contributed by atoms with E-state index in [0.717, 1.165) is 38.7 Å². The summed E-state index contributed by atoms with van der Waals surface area (Å²) in [4.78, 5) is 15.2. The van der Waals surface area contributed by atoms with Crippen molar-refractivity contribution in [2.75, 3.05) is 43.4 Å². The van der Waals surface area contributed by atoms with Crippen LogP contribution in [0.25, 0.3) is 0 Å². The Morgan fingerprint density at radius 2 is 2.00 bits per heavy atom. The largest absolute Gasteiger partial charge is 0.481 e. The maximum Gasteiger partial charge on any atom is 0.313 e. The van der Waals surface area contributed by atoms with E-state index in [9.17, 15) is 4.79 Å². The van der Waals surface area contributed by atoms with Gasteiger partial charge in [0, 0.05) is 33.2 Å². The second-order valence-electron chi connectivity index (χ2n) is 4.45. The molecule has 0 atom stereocenters. The van der Waals surface area contributed by atoms with Gasteiger partial charge in [0.25, 0.3) is 0 Å². The fourth-order valence-electron chi connectivity index (χ4n) is 2.10. The number of anilines is 1. The highest BCUT2D eigenvalue weighted by molar-refractivity contribution is 7.99. The van der Waals surface area contributed by atoms with Crippen LogP contribution in [0.1, 0.15) is 6.92 Å². The Hall–Kier alpha value is -1.28. The van der Waals surface area contributed by atoms with Crippen molar-refractivity contribution in [3.8, 4) is 0 Å². The number of nitrogens with zero attached hydrogens (tertiary/aromatic N) is 5. The minimum atomic E-state index is -0.842. The van der Waals surface area contributed by atoms with Crippen LogP contribution in [-0.2, 0) is 11.8 Å². The van der Waals surface area contributed by atoms with Crippen molar-refractivity contribution in [2.45, 2.75) is 12.1 Å². The number of aromatic nitrogens is 3. The molecule has 1 aliphatic rings. The van der Waals surface area contributed by atoms with Crippen molar-refractivity contribution in [2.24, 2.45) is 7.05 Å². The molecule has 106 valence electrons. The summed E-state index contributed by atoms with van der Waals surface area (Å²) in [6.45, 7) is 7.17. The van der Waals surface area contributed by atoms with E-state index in [1.165, 1.54) is 11.8 Å². The van der Waals surface area contributed by atoms with Crippen molar-refractivity contribution in [1.82, 2.24) is 19.7 Å². The van der Waals surface area contributed by atoms with Crippen LogP contribution in [0.15, 0.2) is 5.16 Å². The first-order valence-electron chi connectivity index (χ1n) is 6.33. The third-order valence-electron chi connectivity index (χ3n) is 3.24. The highest BCUT2D eigenvalue weighted by Gasteiger charge is 2.21. The number of piperazine rings is 1. The normalized spacial score (nSPS) is 16.8. The lowest BCUT2D eigenvalue weighted by Crippen LogP contribution is -2.47. The minimum absolute atomic E-state index is 0.00951. The number of carboxylic acid groups (broad SMARTS) is 1. The van der Waals surface area contributed by atoms with Crippen molar-refractivity contribution in [3.63, 3.8) is 0 Å². The Morgan fingerprint density at radius 1 is 1.32 bits per heavy atom. The van der Waals surface area contributed by atoms with E-state index in [2.05, 4.69) is 26.9 Å². The first-order valence-corrected chi connectivity index (χ1v) is 7.31. The van der Waals surface area contributed by atoms with Crippen LogP contribution in [0.2, 0.25) is 0 Å². The Bertz CT molecular complexity index is 442. The Labute approximate surface area is 116 Å². The van der Waals surface area contributed by atoms with Gasteiger partial charge in [0.1, 0.15) is 0 Å². The molecule has 7 nitrogen and oxygen atoms in total. The predicted octanol–water partition coefficient (Wildman–Crippen LogP) is 0.134. The quantitative estimate of drug-likeness (QED) is 0.771. The maximum atomic E-state index is 10.6. The molecule has 1 aromatic heterocycles. The van der Waals surface area contributed by atoms with Crippen LogP contribution in [0, 0.1) is 0 Å². The smallest absolute Gasteiger partial charge is 0.313 e. The van der Waals surface area contributed by atoms with Gasteiger partial charge in [0.2, 0.25) is 5.95 Å². The van der Waals surface area contributed by atoms with E-state index in [0.29, 0.717) is 5.16 Å². The van der Waals surface area contributed by atoms with Crippen LogP contribution >= 0.6 is 11.8 Å². The zero-order valence-corrected chi connectivity index (χ0v) is 12.1. The van der Waals surface area contributed by atoms with Crippen molar-refractivity contribution < 1.29 is 9.90 Å². The van der Waals surface area contributed by atoms with Crippen molar-refractivity contribution in [3.05, 3.63) is 0 Å². The number of hydrogen-bond acceptors (Lipinski definition) is 6. The molecule has 0 radical (unpaired) electrons. The van der Waals surface area contributed by atoms with Crippen molar-refractivity contribution >= 4 is 23.7 Å². The lowest BCUT2D eigenvalue weighted by Gasteiger charge is -2.34. The summed E-state index contributed by atoms with van der Waals surface area (Å²) < 4.78 is 1.87. The van der Waals surface area contributed by atoms with Crippen LogP contribution in [-0.4, -0.2) is 69.2 Å². The molecule has 2 rings (SSSR count). The third kappa shape index (κ3) is 3.38. The van der Waals surface area contributed by atoms with E-state index in [4.69, 9.17) is 5.11 Å². The zero-order valence-electron chi connectivity index (χ0n) is 11.2. The molecule has 0 saturated carbocycles. The first-order chi connectivity index (χ1) is 9.11. The van der Waals surface area contributed by atoms with Gasteiger partial charge in [-0.25, -0.2) is 0 Å². The summed E-state index contributed by atoms with van der Waals surface area (Å²) in [5.41, 5.74) is 0. The molecule has 0 amide bonds. The Kier molecular flexibility index (Phi) is 4.65. The fourth-order valence-corrected chi connectivity index (χ4v) is 2.73. The summed E-state index contributed by atoms with van der Waals surface area (Å²) in [5.74, 6) is -0.00924. The molecule has 8 heteroatoms. The average Bonchev–Trinajstić information content (AvgIpc) is 2.78. The fraction of sp³-hybridized carbons (Fsp3) is 0.727. The number of aliphatic carboxylic acids is 1. The van der Waals surface area contributed by atoms with Gasteiger partial charge in [-0.15, -0.1) is 10.2 Å². The molecule has 1 saturated heterocycles. The first kappa shape index (κ1) is 14.1. The molecular formula is C11H19N5O2S. The number of hydrogen-bond donors (Lipinski definition) is 1. The van der Waals surface area contributed by atoms with Gasteiger partial charge < -0.3 is 14.9 Å². The lowest BCUT2D eigenvalue weighted by atomic mass is 10.3. The van der Waals surface area contributed by atoms with Gasteiger partial charge in [0.05, 0.1) is 5.75 Å². The number of rotatable bonds is 5. The molecule has 0 aromatic carbocycles. The molecule has 1 aromatic rings. The lowest BCUT2D eigenvalue weighted by molar-refractivity contribution is -0.133. The van der Waals surface area contributed by atoms with Gasteiger partial charge in [-0.05, 0) is 6.54 Å². The molecule has 1 aliphatic heterocycles. The molecule has 0 bridgehead atoms. The van der Waals surface area contributed by atoms with Gasteiger partial charge in [-0.2, -0.15) is 0 Å².